The fourth-order valence-corrected chi connectivity index (χ4v) is 1.57. The Kier molecular flexibility index (Phi) is 4.25. The van der Waals surface area contributed by atoms with Gasteiger partial charge >= 0.3 is 0 Å². The van der Waals surface area contributed by atoms with E-state index in [9.17, 15) is 4.79 Å². The molecule has 0 aromatic carbocycles. The van der Waals surface area contributed by atoms with Crippen molar-refractivity contribution in [3.05, 3.63) is 0 Å². The van der Waals surface area contributed by atoms with Crippen LogP contribution in [0.25, 0.3) is 0 Å². The van der Waals surface area contributed by atoms with Gasteiger partial charge < -0.3 is 5.32 Å². The lowest BCUT2D eigenvalue weighted by Crippen LogP contribution is -2.47. The molecule has 1 radical (unpaired) electrons. The Bertz CT molecular complexity index is 132. The Labute approximate surface area is 74.1 Å². The zero-order chi connectivity index (χ0) is 8.81. The van der Waals surface area contributed by atoms with Gasteiger partial charge in [0.25, 0.3) is 0 Å². The molecule has 12 heavy (non-hydrogen) atoms. The molecule has 1 N–H and O–H groups in total. The lowest BCUT2D eigenvalue weighted by Gasteiger charge is -2.32. The van der Waals surface area contributed by atoms with Crippen LogP contribution in [0, 0.1) is 0 Å². The van der Waals surface area contributed by atoms with E-state index in [-0.39, 0.29) is 0 Å². The fraction of sp³-hybridized carbons (Fsp3) is 0.889. The molecular weight excluding hydrogens is 152 g/mol. The number of rotatable bonds is 4. The summed E-state index contributed by atoms with van der Waals surface area (Å²) in [6.45, 7) is 6.56. The highest BCUT2D eigenvalue weighted by atomic mass is 16.1. The number of nitrogens with one attached hydrogen (secondary N) is 1. The van der Waals surface area contributed by atoms with Gasteiger partial charge in [0.1, 0.15) is 0 Å². The van der Waals surface area contributed by atoms with Crippen LogP contribution in [0.4, 0.5) is 0 Å². The fourth-order valence-electron chi connectivity index (χ4n) is 1.57. The summed E-state index contributed by atoms with van der Waals surface area (Å²) in [4.78, 5) is 12.5. The third-order valence-electron chi connectivity index (χ3n) is 2.44. The molecule has 0 amide bonds. The summed E-state index contributed by atoms with van der Waals surface area (Å²) in [5.74, 6) is 0. The molecule has 1 rings (SSSR count). The summed E-state index contributed by atoms with van der Waals surface area (Å²) in [5.41, 5.74) is 0. The largest absolute Gasteiger partial charge is 0.314 e. The van der Waals surface area contributed by atoms with Crippen LogP contribution < -0.4 is 5.32 Å². The van der Waals surface area contributed by atoms with Crippen LogP contribution in [-0.2, 0) is 4.79 Å². The highest BCUT2D eigenvalue weighted by Gasteiger charge is 2.15. The van der Waals surface area contributed by atoms with Crippen molar-refractivity contribution >= 4 is 6.29 Å². The standard InChI is InChI=1S/C9H17N2O/c1-9(3-2-8-12)11-6-4-10-5-7-11/h9-10H,2-7H2,1H3. The predicted molar refractivity (Wildman–Crippen MR) is 48.8 cm³/mol. The Balaban J connectivity index is 2.19. The van der Waals surface area contributed by atoms with Gasteiger partial charge in [-0.05, 0) is 13.3 Å². The van der Waals surface area contributed by atoms with Crippen molar-refractivity contribution in [2.24, 2.45) is 0 Å². The van der Waals surface area contributed by atoms with E-state index in [1.54, 1.807) is 0 Å². The summed E-state index contributed by atoms with van der Waals surface area (Å²) in [6, 6.07) is 0.536. The molecule has 0 saturated carbocycles. The smallest absolute Gasteiger partial charge is 0.198 e. The van der Waals surface area contributed by atoms with Gasteiger partial charge in [0.05, 0.1) is 0 Å². The highest BCUT2D eigenvalue weighted by Crippen LogP contribution is 2.05. The summed E-state index contributed by atoms with van der Waals surface area (Å²) in [7, 11) is 0. The minimum absolute atomic E-state index is 0.536. The molecule has 3 nitrogen and oxygen atoms in total. The minimum atomic E-state index is 0.536. The highest BCUT2D eigenvalue weighted by molar-refractivity contribution is 5.50. The van der Waals surface area contributed by atoms with Crippen molar-refractivity contribution < 1.29 is 4.79 Å². The lowest BCUT2D eigenvalue weighted by molar-refractivity contribution is 0.178. The van der Waals surface area contributed by atoms with Gasteiger partial charge in [-0.2, -0.15) is 0 Å². The van der Waals surface area contributed by atoms with E-state index in [4.69, 9.17) is 0 Å². The Hall–Kier alpha value is -0.410. The Morgan fingerprint density at radius 3 is 2.75 bits per heavy atom. The number of piperazine rings is 1. The minimum Gasteiger partial charge on any atom is -0.314 e. The van der Waals surface area contributed by atoms with E-state index in [0.29, 0.717) is 12.5 Å². The van der Waals surface area contributed by atoms with Crippen LogP contribution >= 0.6 is 0 Å². The van der Waals surface area contributed by atoms with E-state index in [1.807, 2.05) is 6.29 Å². The van der Waals surface area contributed by atoms with Gasteiger partial charge in [-0.1, -0.05) is 0 Å². The average Bonchev–Trinajstić information content (AvgIpc) is 2.15. The molecule has 1 heterocycles. The Morgan fingerprint density at radius 2 is 2.17 bits per heavy atom. The van der Waals surface area contributed by atoms with E-state index in [2.05, 4.69) is 17.1 Å². The van der Waals surface area contributed by atoms with E-state index in [1.165, 1.54) is 0 Å². The molecule has 1 fully saturated rings. The van der Waals surface area contributed by atoms with Gasteiger partial charge in [-0.15, -0.1) is 0 Å². The van der Waals surface area contributed by atoms with Gasteiger partial charge in [-0.3, -0.25) is 9.69 Å². The van der Waals surface area contributed by atoms with Gasteiger partial charge in [-0.25, -0.2) is 0 Å². The first-order valence-electron chi connectivity index (χ1n) is 4.64. The zero-order valence-corrected chi connectivity index (χ0v) is 7.68. The average molecular weight is 169 g/mol. The van der Waals surface area contributed by atoms with Gasteiger partial charge in [0.15, 0.2) is 6.29 Å². The quantitative estimate of drug-likeness (QED) is 0.651. The van der Waals surface area contributed by atoms with E-state index in [0.717, 1.165) is 32.6 Å². The molecule has 0 bridgehead atoms. The van der Waals surface area contributed by atoms with Crippen molar-refractivity contribution in [1.82, 2.24) is 10.2 Å². The summed E-state index contributed by atoms with van der Waals surface area (Å²) < 4.78 is 0. The maximum atomic E-state index is 10.0. The zero-order valence-electron chi connectivity index (χ0n) is 7.68. The van der Waals surface area contributed by atoms with Crippen LogP contribution in [0.5, 0.6) is 0 Å². The second-order valence-electron chi connectivity index (χ2n) is 3.32. The predicted octanol–water partition coefficient (Wildman–Crippen LogP) is 0.170. The van der Waals surface area contributed by atoms with Crippen LogP contribution in [-0.4, -0.2) is 43.4 Å². The van der Waals surface area contributed by atoms with Crippen molar-refractivity contribution in [1.29, 1.82) is 0 Å². The maximum absolute atomic E-state index is 10.0. The van der Waals surface area contributed by atoms with Gasteiger partial charge in [0.2, 0.25) is 0 Å². The topological polar surface area (TPSA) is 32.3 Å². The maximum Gasteiger partial charge on any atom is 0.198 e. The number of hydrogen-bond donors (Lipinski definition) is 1. The number of nitrogens with zero attached hydrogens (tertiary/aromatic N) is 1. The second-order valence-corrected chi connectivity index (χ2v) is 3.32. The molecule has 0 aromatic rings. The summed E-state index contributed by atoms with van der Waals surface area (Å²) >= 11 is 0. The molecule has 1 unspecified atom stereocenters. The summed E-state index contributed by atoms with van der Waals surface area (Å²) in [5, 5.41) is 3.31. The monoisotopic (exact) mass is 169 g/mol. The van der Waals surface area contributed by atoms with Crippen molar-refractivity contribution in [3.8, 4) is 0 Å². The molecule has 1 aliphatic rings. The first-order chi connectivity index (χ1) is 5.84. The van der Waals surface area contributed by atoms with Crippen LogP contribution in [0.1, 0.15) is 19.8 Å². The first kappa shape index (κ1) is 9.68. The van der Waals surface area contributed by atoms with E-state index >= 15 is 0 Å². The molecule has 1 aliphatic heterocycles. The molecular formula is C9H17N2O. The van der Waals surface area contributed by atoms with Crippen LogP contribution in [0.15, 0.2) is 0 Å². The molecule has 3 heteroatoms. The lowest BCUT2D eigenvalue weighted by atomic mass is 10.1. The molecule has 1 saturated heterocycles. The molecule has 0 spiro atoms. The summed E-state index contributed by atoms with van der Waals surface area (Å²) in [6.07, 6.45) is 3.47. The Morgan fingerprint density at radius 1 is 1.50 bits per heavy atom. The normalized spacial score (nSPS) is 22.1. The van der Waals surface area contributed by atoms with Crippen LogP contribution in [0.2, 0.25) is 0 Å². The van der Waals surface area contributed by atoms with Crippen molar-refractivity contribution in [2.75, 3.05) is 26.2 Å². The molecule has 0 aromatic heterocycles. The third kappa shape index (κ3) is 2.91. The molecule has 0 aliphatic carbocycles. The SMILES string of the molecule is CC(CC[C]=O)N1CCNCC1. The number of carbonyl (C=O) groups excluding carboxylic acids is 1. The third-order valence-corrected chi connectivity index (χ3v) is 2.44. The van der Waals surface area contributed by atoms with Crippen molar-refractivity contribution in [2.45, 2.75) is 25.8 Å². The van der Waals surface area contributed by atoms with Gasteiger partial charge in [0, 0.05) is 38.6 Å². The van der Waals surface area contributed by atoms with Crippen molar-refractivity contribution in [3.63, 3.8) is 0 Å². The number of hydrogen-bond acceptors (Lipinski definition) is 3. The molecule has 1 atom stereocenters. The van der Waals surface area contributed by atoms with Crippen LogP contribution in [0.3, 0.4) is 0 Å². The van der Waals surface area contributed by atoms with E-state index < -0.39 is 0 Å². The first-order valence-corrected chi connectivity index (χ1v) is 4.64. The molecule has 69 valence electrons. The second kappa shape index (κ2) is 5.27.